The molecule has 1 heterocycles. The first-order chi connectivity index (χ1) is 9.19. The van der Waals surface area contributed by atoms with E-state index in [0.717, 1.165) is 45.4 Å². The van der Waals surface area contributed by atoms with E-state index in [0.29, 0.717) is 6.54 Å². The van der Waals surface area contributed by atoms with E-state index >= 15 is 0 Å². The zero-order valence-corrected chi connectivity index (χ0v) is 12.0. The van der Waals surface area contributed by atoms with Gasteiger partial charge in [-0.3, -0.25) is 14.5 Å². The number of carboxylic acid groups (broad SMARTS) is 1. The molecule has 0 atom stereocenters. The van der Waals surface area contributed by atoms with Crippen LogP contribution < -0.4 is 0 Å². The van der Waals surface area contributed by atoms with Gasteiger partial charge in [0, 0.05) is 19.6 Å². The molecule has 0 spiro atoms. The summed E-state index contributed by atoms with van der Waals surface area (Å²) < 4.78 is 0. The molecule has 1 aliphatic heterocycles. The summed E-state index contributed by atoms with van der Waals surface area (Å²) in [6.07, 6.45) is 7.86. The second kappa shape index (κ2) is 11.7. The first-order valence-electron chi connectivity index (χ1n) is 6.92. The van der Waals surface area contributed by atoms with E-state index in [1.54, 1.807) is 0 Å². The fourth-order valence-corrected chi connectivity index (χ4v) is 2.00. The number of carbonyl (C=O) groups is 2. The van der Waals surface area contributed by atoms with Crippen molar-refractivity contribution >= 4 is 12.4 Å². The third kappa shape index (κ3) is 8.37. The Hall–Kier alpha value is -1.36. The summed E-state index contributed by atoms with van der Waals surface area (Å²) in [6, 6.07) is 0. The maximum atomic E-state index is 11.6. The van der Waals surface area contributed by atoms with Gasteiger partial charge < -0.3 is 10.0 Å². The Morgan fingerprint density at radius 1 is 1.26 bits per heavy atom. The van der Waals surface area contributed by atoms with Crippen LogP contribution >= 0.6 is 0 Å². The highest BCUT2D eigenvalue weighted by Gasteiger charge is 2.21. The molecule has 1 saturated heterocycles. The molecule has 1 N–H and O–H groups in total. The maximum Gasteiger partial charge on any atom is 0.290 e. The standard InChI is InChI=1S/C13H24N2O.CH2O2/c1-3-5-6-7-8-9-14-10-11-15(4-2)13(16)12-14;2-1-3/h5-6H,3-4,7-12H2,1-2H3;1H,(H,2,3). The van der Waals surface area contributed by atoms with Crippen LogP contribution in [0.4, 0.5) is 0 Å². The zero-order chi connectivity index (χ0) is 14.5. The lowest BCUT2D eigenvalue weighted by atomic mass is 10.2. The number of carbonyl (C=O) groups excluding carboxylic acids is 1. The SMILES string of the molecule is CCC=CCCCN1CCN(CC)C(=O)C1.O=CO. The lowest BCUT2D eigenvalue weighted by molar-refractivity contribution is -0.135. The Morgan fingerprint density at radius 2 is 1.95 bits per heavy atom. The van der Waals surface area contributed by atoms with Gasteiger partial charge in [0.25, 0.3) is 6.47 Å². The van der Waals surface area contributed by atoms with Crippen molar-refractivity contribution in [2.24, 2.45) is 0 Å². The number of amides is 1. The second-order valence-corrected chi connectivity index (χ2v) is 4.38. The van der Waals surface area contributed by atoms with Gasteiger partial charge in [0.05, 0.1) is 6.54 Å². The Balaban J connectivity index is 0.000000982. The van der Waals surface area contributed by atoms with E-state index in [1.165, 1.54) is 0 Å². The van der Waals surface area contributed by atoms with E-state index in [4.69, 9.17) is 9.90 Å². The summed E-state index contributed by atoms with van der Waals surface area (Å²) in [5, 5.41) is 6.89. The van der Waals surface area contributed by atoms with E-state index in [-0.39, 0.29) is 12.4 Å². The van der Waals surface area contributed by atoms with Crippen LogP contribution in [0.25, 0.3) is 0 Å². The molecule has 1 rings (SSSR count). The van der Waals surface area contributed by atoms with E-state index in [9.17, 15) is 4.79 Å². The summed E-state index contributed by atoms with van der Waals surface area (Å²) in [6.45, 7) is 8.41. The number of hydrogen-bond donors (Lipinski definition) is 1. The van der Waals surface area contributed by atoms with Gasteiger partial charge in [-0.05, 0) is 32.7 Å². The molecule has 0 aromatic rings. The molecular formula is C14H26N2O3. The number of piperazine rings is 1. The molecule has 0 bridgehead atoms. The first-order valence-corrected chi connectivity index (χ1v) is 6.92. The van der Waals surface area contributed by atoms with Crippen molar-refractivity contribution in [2.75, 3.05) is 32.7 Å². The van der Waals surface area contributed by atoms with Gasteiger partial charge in [0.1, 0.15) is 0 Å². The summed E-state index contributed by atoms with van der Waals surface area (Å²) in [5.74, 6) is 0.290. The topological polar surface area (TPSA) is 60.9 Å². The number of allylic oxidation sites excluding steroid dienone is 2. The molecule has 5 heteroatoms. The van der Waals surface area contributed by atoms with Gasteiger partial charge in [-0.25, -0.2) is 0 Å². The second-order valence-electron chi connectivity index (χ2n) is 4.38. The monoisotopic (exact) mass is 270 g/mol. The number of likely N-dealkylation sites (N-methyl/N-ethyl adjacent to an activating group) is 1. The van der Waals surface area contributed by atoms with Gasteiger partial charge in [0.15, 0.2) is 0 Å². The van der Waals surface area contributed by atoms with Crippen LogP contribution in [0, 0.1) is 0 Å². The average Bonchev–Trinajstić information content (AvgIpc) is 2.40. The van der Waals surface area contributed by atoms with Crippen LogP contribution in [-0.4, -0.2) is 60.0 Å². The number of nitrogens with zero attached hydrogens (tertiary/aromatic N) is 2. The fourth-order valence-electron chi connectivity index (χ4n) is 2.00. The van der Waals surface area contributed by atoms with Gasteiger partial charge >= 0.3 is 0 Å². The third-order valence-electron chi connectivity index (χ3n) is 3.03. The highest BCUT2D eigenvalue weighted by molar-refractivity contribution is 5.78. The molecule has 0 aliphatic carbocycles. The first kappa shape index (κ1) is 17.6. The summed E-state index contributed by atoms with van der Waals surface area (Å²) in [5.41, 5.74) is 0. The lowest BCUT2D eigenvalue weighted by Crippen LogP contribution is -2.50. The molecule has 19 heavy (non-hydrogen) atoms. The molecule has 1 amide bonds. The lowest BCUT2D eigenvalue weighted by Gasteiger charge is -2.33. The van der Waals surface area contributed by atoms with Crippen molar-refractivity contribution in [3.63, 3.8) is 0 Å². The highest BCUT2D eigenvalue weighted by atomic mass is 16.3. The summed E-state index contributed by atoms with van der Waals surface area (Å²) in [7, 11) is 0. The molecule has 0 aromatic carbocycles. The molecule has 0 aromatic heterocycles. The number of hydrogen-bond acceptors (Lipinski definition) is 3. The number of rotatable bonds is 6. The molecule has 0 saturated carbocycles. The molecule has 1 fully saturated rings. The summed E-state index contributed by atoms with van der Waals surface area (Å²) >= 11 is 0. The van der Waals surface area contributed by atoms with Crippen LogP contribution in [0.3, 0.4) is 0 Å². The van der Waals surface area contributed by atoms with Crippen LogP contribution in [0.15, 0.2) is 12.2 Å². The van der Waals surface area contributed by atoms with Crippen LogP contribution in [0.1, 0.15) is 33.1 Å². The highest BCUT2D eigenvalue weighted by Crippen LogP contribution is 2.05. The minimum absolute atomic E-state index is 0.250. The summed E-state index contributed by atoms with van der Waals surface area (Å²) in [4.78, 5) is 24.2. The minimum Gasteiger partial charge on any atom is -0.483 e. The van der Waals surface area contributed by atoms with Gasteiger partial charge in [-0.15, -0.1) is 0 Å². The van der Waals surface area contributed by atoms with Crippen molar-refractivity contribution in [2.45, 2.75) is 33.1 Å². The van der Waals surface area contributed by atoms with Crippen molar-refractivity contribution in [3.05, 3.63) is 12.2 Å². The molecular weight excluding hydrogens is 244 g/mol. The fraction of sp³-hybridized carbons (Fsp3) is 0.714. The Bertz CT molecular complexity index is 280. The average molecular weight is 270 g/mol. The van der Waals surface area contributed by atoms with Gasteiger partial charge in [-0.1, -0.05) is 19.1 Å². The largest absolute Gasteiger partial charge is 0.483 e. The number of unbranched alkanes of at least 4 members (excludes halogenated alkanes) is 1. The van der Waals surface area contributed by atoms with Crippen LogP contribution in [0.2, 0.25) is 0 Å². The van der Waals surface area contributed by atoms with E-state index < -0.39 is 0 Å². The van der Waals surface area contributed by atoms with Crippen molar-refractivity contribution < 1.29 is 14.7 Å². The van der Waals surface area contributed by atoms with Gasteiger partial charge in [0.2, 0.25) is 5.91 Å². The Morgan fingerprint density at radius 3 is 2.47 bits per heavy atom. The smallest absolute Gasteiger partial charge is 0.290 e. The Labute approximate surface area is 115 Å². The molecule has 0 radical (unpaired) electrons. The van der Waals surface area contributed by atoms with Crippen molar-refractivity contribution in [1.29, 1.82) is 0 Å². The van der Waals surface area contributed by atoms with Crippen LogP contribution in [-0.2, 0) is 9.59 Å². The van der Waals surface area contributed by atoms with E-state index in [2.05, 4.69) is 24.0 Å². The quantitative estimate of drug-likeness (QED) is 0.452. The predicted molar refractivity (Wildman–Crippen MR) is 76.1 cm³/mol. The molecule has 0 unspecified atom stereocenters. The Kier molecular flexibility index (Phi) is 10.9. The molecule has 1 aliphatic rings. The predicted octanol–water partition coefficient (Wildman–Crippen LogP) is 1.60. The van der Waals surface area contributed by atoms with Crippen molar-refractivity contribution in [1.82, 2.24) is 9.80 Å². The zero-order valence-electron chi connectivity index (χ0n) is 12.0. The van der Waals surface area contributed by atoms with E-state index in [1.807, 2.05) is 11.8 Å². The minimum atomic E-state index is -0.250. The van der Waals surface area contributed by atoms with Crippen molar-refractivity contribution in [3.8, 4) is 0 Å². The van der Waals surface area contributed by atoms with Gasteiger partial charge in [-0.2, -0.15) is 0 Å². The molecule has 5 nitrogen and oxygen atoms in total. The maximum absolute atomic E-state index is 11.6. The van der Waals surface area contributed by atoms with Crippen LogP contribution in [0.5, 0.6) is 0 Å². The molecule has 110 valence electrons. The normalized spacial score (nSPS) is 16.3. The third-order valence-corrected chi connectivity index (χ3v) is 3.03.